The molecule has 0 aliphatic heterocycles. The van der Waals surface area contributed by atoms with Crippen molar-refractivity contribution in [1.29, 1.82) is 0 Å². The smallest absolute Gasteiger partial charge is 0.323 e. The van der Waals surface area contributed by atoms with Crippen LogP contribution in [0.25, 0.3) is 11.0 Å². The van der Waals surface area contributed by atoms with Gasteiger partial charge in [-0.15, -0.1) is 0 Å². The molecule has 0 radical (unpaired) electrons. The van der Waals surface area contributed by atoms with E-state index in [0.717, 1.165) is 18.6 Å². The Morgan fingerprint density at radius 3 is 2.53 bits per heavy atom. The molecular weight excluding hydrogens is 432 g/mol. The Hall–Kier alpha value is -3.79. The second-order valence-electron chi connectivity index (χ2n) is 7.46. The third kappa shape index (κ3) is 4.92. The summed E-state index contributed by atoms with van der Waals surface area (Å²) in [7, 11) is -3.87. The molecule has 0 fully saturated rings. The third-order valence-corrected chi connectivity index (χ3v) is 6.36. The van der Waals surface area contributed by atoms with Gasteiger partial charge < -0.3 is 19.7 Å². The van der Waals surface area contributed by atoms with Crippen molar-refractivity contribution in [2.45, 2.75) is 30.7 Å². The molecule has 9 nitrogen and oxygen atoms in total. The maximum absolute atomic E-state index is 12.7. The maximum atomic E-state index is 12.7. The maximum Gasteiger partial charge on any atom is 0.323 e. The van der Waals surface area contributed by atoms with E-state index in [1.54, 1.807) is 18.4 Å². The van der Waals surface area contributed by atoms with E-state index in [0.29, 0.717) is 22.3 Å². The average Bonchev–Trinajstić information content (AvgIpc) is 3.40. The van der Waals surface area contributed by atoms with E-state index in [1.165, 1.54) is 30.3 Å². The summed E-state index contributed by atoms with van der Waals surface area (Å²) < 4.78 is 33.1. The van der Waals surface area contributed by atoms with E-state index < -0.39 is 15.7 Å². The Bertz CT molecular complexity index is 1390. The van der Waals surface area contributed by atoms with Crippen molar-refractivity contribution in [3.05, 3.63) is 82.7 Å². The van der Waals surface area contributed by atoms with E-state index in [-0.39, 0.29) is 16.8 Å². The molecule has 10 heteroatoms. The Morgan fingerprint density at radius 1 is 1.06 bits per heavy atom. The van der Waals surface area contributed by atoms with Gasteiger partial charge in [0.15, 0.2) is 0 Å². The SMILES string of the molecule is C[C@H](CCc1ccco1)NC(=O)c1ccc(NS(=O)(=O)c2ccc3[nH]c(=O)[nH]c3c2)cc1. The molecular formula is C22H22N4O5S. The highest BCUT2D eigenvalue weighted by Gasteiger charge is 2.16. The molecule has 2 heterocycles. The van der Waals surface area contributed by atoms with Crippen LogP contribution in [0.1, 0.15) is 29.5 Å². The van der Waals surface area contributed by atoms with Crippen molar-refractivity contribution >= 4 is 32.7 Å². The fourth-order valence-electron chi connectivity index (χ4n) is 3.28. The molecule has 2 aromatic carbocycles. The lowest BCUT2D eigenvalue weighted by atomic mass is 10.1. The number of imidazole rings is 1. The number of carbonyl (C=O) groups is 1. The van der Waals surface area contributed by atoms with Crippen LogP contribution in [0.15, 0.2) is 75.0 Å². The van der Waals surface area contributed by atoms with Crippen LogP contribution in [-0.2, 0) is 16.4 Å². The number of aryl methyl sites for hydroxylation is 1. The van der Waals surface area contributed by atoms with Gasteiger partial charge in [-0.2, -0.15) is 0 Å². The van der Waals surface area contributed by atoms with Gasteiger partial charge in [-0.25, -0.2) is 13.2 Å². The summed E-state index contributed by atoms with van der Waals surface area (Å²) in [5.41, 5.74) is 1.24. The molecule has 1 amide bonds. The summed E-state index contributed by atoms with van der Waals surface area (Å²) in [4.78, 5) is 28.9. The first-order valence-corrected chi connectivity index (χ1v) is 11.5. The van der Waals surface area contributed by atoms with Gasteiger partial charge in [0.2, 0.25) is 0 Å². The number of anilines is 1. The quantitative estimate of drug-likeness (QED) is 0.324. The first-order chi connectivity index (χ1) is 15.3. The number of amides is 1. The Kier molecular flexibility index (Phi) is 5.87. The highest BCUT2D eigenvalue weighted by atomic mass is 32.2. The van der Waals surface area contributed by atoms with E-state index in [4.69, 9.17) is 4.42 Å². The van der Waals surface area contributed by atoms with E-state index in [2.05, 4.69) is 20.0 Å². The molecule has 0 aliphatic carbocycles. The van der Waals surface area contributed by atoms with Crippen molar-refractivity contribution in [3.63, 3.8) is 0 Å². The summed E-state index contributed by atoms with van der Waals surface area (Å²) in [5.74, 6) is 0.623. The van der Waals surface area contributed by atoms with Crippen molar-refractivity contribution in [2.24, 2.45) is 0 Å². The van der Waals surface area contributed by atoms with Crippen LogP contribution in [0.3, 0.4) is 0 Å². The first-order valence-electron chi connectivity index (χ1n) is 9.98. The second kappa shape index (κ2) is 8.75. The predicted molar refractivity (Wildman–Crippen MR) is 120 cm³/mol. The number of nitrogens with one attached hydrogen (secondary N) is 4. The van der Waals surface area contributed by atoms with Crippen molar-refractivity contribution in [3.8, 4) is 0 Å². The number of aromatic nitrogens is 2. The lowest BCUT2D eigenvalue weighted by molar-refractivity contribution is 0.0938. The van der Waals surface area contributed by atoms with Gasteiger partial charge in [0.1, 0.15) is 5.76 Å². The third-order valence-electron chi connectivity index (χ3n) is 4.98. The van der Waals surface area contributed by atoms with E-state index in [9.17, 15) is 18.0 Å². The van der Waals surface area contributed by atoms with Crippen LogP contribution in [0.5, 0.6) is 0 Å². The number of sulfonamides is 1. The van der Waals surface area contributed by atoms with Crippen molar-refractivity contribution in [2.75, 3.05) is 4.72 Å². The summed E-state index contributed by atoms with van der Waals surface area (Å²) in [5, 5.41) is 2.92. The minimum atomic E-state index is -3.87. The molecule has 0 saturated carbocycles. The molecule has 4 rings (SSSR count). The highest BCUT2D eigenvalue weighted by Crippen LogP contribution is 2.19. The molecule has 0 unspecified atom stereocenters. The van der Waals surface area contributed by atoms with Gasteiger partial charge in [0.05, 0.1) is 22.2 Å². The number of furan rings is 1. The number of benzene rings is 2. The number of hydrogen-bond donors (Lipinski definition) is 4. The van der Waals surface area contributed by atoms with Crippen LogP contribution in [0, 0.1) is 0 Å². The Balaban J connectivity index is 1.38. The van der Waals surface area contributed by atoms with Crippen LogP contribution in [0.2, 0.25) is 0 Å². The number of aromatic amines is 2. The summed E-state index contributed by atoms with van der Waals surface area (Å²) >= 11 is 0. The topological polar surface area (TPSA) is 137 Å². The first kappa shape index (κ1) is 21.4. The summed E-state index contributed by atoms with van der Waals surface area (Å²) in [6.45, 7) is 1.91. The van der Waals surface area contributed by atoms with Crippen molar-refractivity contribution in [1.82, 2.24) is 15.3 Å². The summed E-state index contributed by atoms with van der Waals surface area (Å²) in [6, 6.07) is 14.1. The zero-order valence-electron chi connectivity index (χ0n) is 17.2. The molecule has 0 saturated heterocycles. The molecule has 166 valence electrons. The van der Waals surface area contributed by atoms with Gasteiger partial charge in [-0.1, -0.05) is 0 Å². The molecule has 1 atom stereocenters. The summed E-state index contributed by atoms with van der Waals surface area (Å²) in [6.07, 6.45) is 3.07. The predicted octanol–water partition coefficient (Wildman–Crippen LogP) is 3.00. The molecule has 0 bridgehead atoms. The lowest BCUT2D eigenvalue weighted by Crippen LogP contribution is -2.32. The van der Waals surface area contributed by atoms with Crippen LogP contribution in [0.4, 0.5) is 5.69 Å². The molecule has 0 spiro atoms. The highest BCUT2D eigenvalue weighted by molar-refractivity contribution is 7.92. The minimum absolute atomic E-state index is 0.00690. The average molecular weight is 455 g/mol. The lowest BCUT2D eigenvalue weighted by Gasteiger charge is -2.14. The zero-order valence-corrected chi connectivity index (χ0v) is 18.0. The molecule has 4 N–H and O–H groups in total. The van der Waals surface area contributed by atoms with Gasteiger partial charge in [-0.05, 0) is 67.9 Å². The fraction of sp³-hybridized carbons (Fsp3) is 0.182. The van der Waals surface area contributed by atoms with Crippen LogP contribution in [-0.4, -0.2) is 30.3 Å². The largest absolute Gasteiger partial charge is 0.469 e. The normalized spacial score (nSPS) is 12.5. The fourth-order valence-corrected chi connectivity index (χ4v) is 4.36. The number of carbonyl (C=O) groups excluding carboxylic acids is 1. The Morgan fingerprint density at radius 2 is 1.81 bits per heavy atom. The molecule has 32 heavy (non-hydrogen) atoms. The van der Waals surface area contributed by atoms with Crippen LogP contribution < -0.4 is 15.7 Å². The number of hydrogen-bond acceptors (Lipinski definition) is 5. The number of fused-ring (bicyclic) bond motifs is 1. The van der Waals surface area contributed by atoms with Gasteiger partial charge in [-0.3, -0.25) is 9.52 Å². The molecule has 2 aromatic heterocycles. The molecule has 0 aliphatic rings. The monoisotopic (exact) mass is 454 g/mol. The minimum Gasteiger partial charge on any atom is -0.469 e. The zero-order chi connectivity index (χ0) is 22.7. The standard InChI is InChI=1S/C22H22N4O5S/c1-14(4-9-17-3-2-12-31-17)23-21(27)15-5-7-16(8-6-15)26-32(29,30)18-10-11-19-20(13-18)25-22(28)24-19/h2-3,5-8,10-14,26H,4,9H2,1H3,(H,23,27)(H2,24,25,28)/t14-/m1/s1. The van der Waals surface area contributed by atoms with Crippen molar-refractivity contribution < 1.29 is 17.6 Å². The Labute approximate surface area is 183 Å². The van der Waals surface area contributed by atoms with Gasteiger partial charge in [0, 0.05) is 23.7 Å². The van der Waals surface area contributed by atoms with E-state index in [1.807, 2.05) is 19.1 Å². The van der Waals surface area contributed by atoms with Gasteiger partial charge in [0.25, 0.3) is 15.9 Å². The second-order valence-corrected chi connectivity index (χ2v) is 9.14. The molecule has 4 aromatic rings. The van der Waals surface area contributed by atoms with Crippen LogP contribution >= 0.6 is 0 Å². The number of rotatable bonds is 8. The van der Waals surface area contributed by atoms with Gasteiger partial charge >= 0.3 is 5.69 Å². The number of H-pyrrole nitrogens is 2. The van der Waals surface area contributed by atoms with E-state index >= 15 is 0 Å².